The SMILES string of the molecule is CCC(C)c1ccc(OC(=O)c2cccc(C(=O)Oc3ccc(C(C)CC)cc3)c2)cc1. The fraction of sp³-hybridized carbons (Fsp3) is 0.286. The number of hydrogen-bond donors (Lipinski definition) is 0. The van der Waals surface area contributed by atoms with Gasteiger partial charge in [-0.1, -0.05) is 58.0 Å². The molecule has 4 heteroatoms. The number of ether oxygens (including phenoxy) is 2. The number of esters is 2. The van der Waals surface area contributed by atoms with Gasteiger partial charge in [0.2, 0.25) is 0 Å². The second-order valence-corrected chi connectivity index (χ2v) is 8.12. The molecule has 0 fully saturated rings. The van der Waals surface area contributed by atoms with Gasteiger partial charge in [0.25, 0.3) is 0 Å². The minimum absolute atomic E-state index is 0.289. The molecular formula is C28H30O4. The second-order valence-electron chi connectivity index (χ2n) is 8.12. The second kappa shape index (κ2) is 10.8. The van der Waals surface area contributed by atoms with Gasteiger partial charge in [-0.2, -0.15) is 0 Å². The highest BCUT2D eigenvalue weighted by atomic mass is 16.5. The van der Waals surface area contributed by atoms with Crippen LogP contribution >= 0.6 is 0 Å². The molecule has 32 heavy (non-hydrogen) atoms. The minimum atomic E-state index is -0.520. The van der Waals surface area contributed by atoms with Crippen molar-refractivity contribution in [2.45, 2.75) is 52.4 Å². The van der Waals surface area contributed by atoms with Crippen LogP contribution in [-0.2, 0) is 0 Å². The van der Waals surface area contributed by atoms with Crippen LogP contribution in [0.1, 0.15) is 84.2 Å². The standard InChI is InChI=1S/C28H30O4/c1-5-19(3)21-10-14-25(15-11-21)31-27(29)23-8-7-9-24(18-23)28(30)32-26-16-12-22(13-17-26)20(4)6-2/h7-20H,5-6H2,1-4H3. The molecule has 3 aromatic rings. The van der Waals surface area contributed by atoms with Gasteiger partial charge in [-0.25, -0.2) is 9.59 Å². The lowest BCUT2D eigenvalue weighted by Gasteiger charge is -2.11. The zero-order chi connectivity index (χ0) is 23.1. The first kappa shape index (κ1) is 23.3. The predicted octanol–water partition coefficient (Wildman–Crippen LogP) is 7.15. The molecule has 3 rings (SSSR count). The summed E-state index contributed by atoms with van der Waals surface area (Å²) in [7, 11) is 0. The van der Waals surface area contributed by atoms with Crippen molar-refractivity contribution < 1.29 is 19.1 Å². The van der Waals surface area contributed by atoms with Gasteiger partial charge in [-0.15, -0.1) is 0 Å². The molecule has 0 aromatic heterocycles. The first-order valence-electron chi connectivity index (χ1n) is 11.2. The number of hydrogen-bond acceptors (Lipinski definition) is 4. The number of carbonyl (C=O) groups is 2. The molecule has 0 aliphatic carbocycles. The fourth-order valence-corrected chi connectivity index (χ4v) is 3.31. The maximum Gasteiger partial charge on any atom is 0.343 e. The Morgan fingerprint density at radius 2 is 1.03 bits per heavy atom. The highest BCUT2D eigenvalue weighted by molar-refractivity contribution is 5.96. The van der Waals surface area contributed by atoms with Crippen LogP contribution < -0.4 is 9.47 Å². The van der Waals surface area contributed by atoms with Gasteiger partial charge in [0.05, 0.1) is 11.1 Å². The van der Waals surface area contributed by atoms with Crippen molar-refractivity contribution >= 4 is 11.9 Å². The van der Waals surface area contributed by atoms with Crippen LogP contribution in [0.2, 0.25) is 0 Å². The Hall–Kier alpha value is -3.40. The van der Waals surface area contributed by atoms with E-state index >= 15 is 0 Å². The van der Waals surface area contributed by atoms with Gasteiger partial charge in [0.15, 0.2) is 0 Å². The summed E-state index contributed by atoms with van der Waals surface area (Å²) < 4.78 is 11.0. The number of carbonyl (C=O) groups excluding carboxylic acids is 2. The molecule has 2 atom stereocenters. The Labute approximate surface area is 190 Å². The summed E-state index contributed by atoms with van der Waals surface area (Å²) in [4.78, 5) is 25.2. The highest BCUT2D eigenvalue weighted by Gasteiger charge is 2.15. The molecule has 0 N–H and O–H groups in total. The molecule has 0 aliphatic rings. The number of rotatable bonds is 8. The molecule has 0 bridgehead atoms. The maximum atomic E-state index is 12.6. The lowest BCUT2D eigenvalue weighted by molar-refractivity contribution is 0.0734. The molecule has 166 valence electrons. The zero-order valence-corrected chi connectivity index (χ0v) is 19.1. The van der Waals surface area contributed by atoms with Crippen LogP contribution in [0.25, 0.3) is 0 Å². The van der Waals surface area contributed by atoms with Crippen molar-refractivity contribution in [2.24, 2.45) is 0 Å². The minimum Gasteiger partial charge on any atom is -0.423 e. The molecule has 0 spiro atoms. The monoisotopic (exact) mass is 430 g/mol. The summed E-state index contributed by atoms with van der Waals surface area (Å²) >= 11 is 0. The van der Waals surface area contributed by atoms with Gasteiger partial charge < -0.3 is 9.47 Å². The van der Waals surface area contributed by atoms with E-state index in [0.29, 0.717) is 23.3 Å². The highest BCUT2D eigenvalue weighted by Crippen LogP contribution is 2.23. The van der Waals surface area contributed by atoms with Crippen molar-refractivity contribution in [3.05, 3.63) is 95.1 Å². The van der Waals surface area contributed by atoms with E-state index in [1.165, 1.54) is 17.2 Å². The molecule has 0 amide bonds. The van der Waals surface area contributed by atoms with Crippen LogP contribution in [0, 0.1) is 0 Å². The molecule has 4 nitrogen and oxygen atoms in total. The normalized spacial score (nSPS) is 12.6. The smallest absolute Gasteiger partial charge is 0.343 e. The quantitative estimate of drug-likeness (QED) is 0.281. The first-order chi connectivity index (χ1) is 15.4. The Morgan fingerprint density at radius 1 is 0.656 bits per heavy atom. The lowest BCUT2D eigenvalue weighted by atomic mass is 9.99. The van der Waals surface area contributed by atoms with Crippen LogP contribution in [0.3, 0.4) is 0 Å². The van der Waals surface area contributed by atoms with Crippen molar-refractivity contribution in [3.63, 3.8) is 0 Å². The van der Waals surface area contributed by atoms with Crippen LogP contribution in [0.5, 0.6) is 11.5 Å². The predicted molar refractivity (Wildman–Crippen MR) is 127 cm³/mol. The Morgan fingerprint density at radius 3 is 1.38 bits per heavy atom. The van der Waals surface area contributed by atoms with Crippen LogP contribution in [-0.4, -0.2) is 11.9 Å². The molecule has 3 aromatic carbocycles. The Balaban J connectivity index is 1.66. The van der Waals surface area contributed by atoms with E-state index in [9.17, 15) is 9.59 Å². The van der Waals surface area contributed by atoms with Gasteiger partial charge in [-0.3, -0.25) is 0 Å². The van der Waals surface area contributed by atoms with Gasteiger partial charge >= 0.3 is 11.9 Å². The molecule has 0 saturated heterocycles. The summed E-state index contributed by atoms with van der Waals surface area (Å²) in [5.74, 6) is 0.804. The number of benzene rings is 3. The van der Waals surface area contributed by atoms with Crippen molar-refractivity contribution in [1.29, 1.82) is 0 Å². The van der Waals surface area contributed by atoms with E-state index < -0.39 is 11.9 Å². The van der Waals surface area contributed by atoms with E-state index in [4.69, 9.17) is 9.47 Å². The molecule has 0 radical (unpaired) electrons. The molecule has 0 saturated carbocycles. The van der Waals surface area contributed by atoms with E-state index in [2.05, 4.69) is 27.7 Å². The van der Waals surface area contributed by atoms with Crippen molar-refractivity contribution in [3.8, 4) is 11.5 Å². The van der Waals surface area contributed by atoms with E-state index in [1.807, 2.05) is 24.3 Å². The van der Waals surface area contributed by atoms with E-state index in [0.717, 1.165) is 12.8 Å². The van der Waals surface area contributed by atoms with E-state index in [1.54, 1.807) is 42.5 Å². The van der Waals surface area contributed by atoms with Gasteiger partial charge in [0.1, 0.15) is 11.5 Å². The van der Waals surface area contributed by atoms with Crippen molar-refractivity contribution in [2.75, 3.05) is 0 Å². The van der Waals surface area contributed by atoms with Crippen molar-refractivity contribution in [1.82, 2.24) is 0 Å². The Kier molecular flexibility index (Phi) is 7.82. The molecule has 0 aliphatic heterocycles. The third-order valence-corrected chi connectivity index (χ3v) is 5.88. The fourth-order valence-electron chi connectivity index (χ4n) is 3.31. The summed E-state index contributed by atoms with van der Waals surface area (Å²) in [6, 6.07) is 21.4. The maximum absolute atomic E-state index is 12.6. The topological polar surface area (TPSA) is 52.6 Å². The first-order valence-corrected chi connectivity index (χ1v) is 11.2. The van der Waals surface area contributed by atoms with Crippen LogP contribution in [0.4, 0.5) is 0 Å². The average molecular weight is 431 g/mol. The lowest BCUT2D eigenvalue weighted by Crippen LogP contribution is -2.12. The molecule has 0 heterocycles. The molecular weight excluding hydrogens is 400 g/mol. The third-order valence-electron chi connectivity index (χ3n) is 5.88. The van der Waals surface area contributed by atoms with E-state index in [-0.39, 0.29) is 11.1 Å². The van der Waals surface area contributed by atoms with Gasteiger partial charge in [-0.05, 0) is 78.3 Å². The van der Waals surface area contributed by atoms with Gasteiger partial charge in [0, 0.05) is 0 Å². The summed E-state index contributed by atoms with van der Waals surface area (Å²) in [6.07, 6.45) is 2.09. The van der Waals surface area contributed by atoms with Crippen LogP contribution in [0.15, 0.2) is 72.8 Å². The summed E-state index contributed by atoms with van der Waals surface area (Å²) in [5, 5.41) is 0. The Bertz CT molecular complexity index is 969. The summed E-state index contributed by atoms with van der Waals surface area (Å²) in [5.41, 5.74) is 2.98. The largest absolute Gasteiger partial charge is 0.423 e. The molecule has 2 unspecified atom stereocenters. The zero-order valence-electron chi connectivity index (χ0n) is 19.1. The third kappa shape index (κ3) is 5.85. The average Bonchev–Trinajstić information content (AvgIpc) is 2.84. The summed E-state index contributed by atoms with van der Waals surface area (Å²) in [6.45, 7) is 8.59.